The monoisotopic (exact) mass is 269 g/mol. The summed E-state index contributed by atoms with van der Waals surface area (Å²) in [5, 5.41) is 9.60. The van der Waals surface area contributed by atoms with Crippen LogP contribution in [0.25, 0.3) is 0 Å². The second-order valence-electron chi connectivity index (χ2n) is 4.37. The SMILES string of the molecule is CN(CCCCCCl)C(=O)Cc1ccccc1O. The van der Waals surface area contributed by atoms with Crippen molar-refractivity contribution < 1.29 is 9.90 Å². The van der Waals surface area contributed by atoms with Crippen molar-refractivity contribution in [3.05, 3.63) is 29.8 Å². The second-order valence-corrected chi connectivity index (χ2v) is 4.75. The number of carbonyl (C=O) groups excluding carboxylic acids is 1. The van der Waals surface area contributed by atoms with Crippen LogP contribution in [0.15, 0.2) is 24.3 Å². The molecule has 100 valence electrons. The Morgan fingerprint density at radius 3 is 2.67 bits per heavy atom. The first-order valence-electron chi connectivity index (χ1n) is 6.22. The summed E-state index contributed by atoms with van der Waals surface area (Å²) >= 11 is 5.60. The van der Waals surface area contributed by atoms with E-state index in [1.54, 1.807) is 30.1 Å². The van der Waals surface area contributed by atoms with Gasteiger partial charge in [0.05, 0.1) is 6.42 Å². The minimum atomic E-state index is 0.0300. The van der Waals surface area contributed by atoms with Crippen LogP contribution in [0, 0.1) is 0 Å². The molecule has 0 aromatic heterocycles. The number of hydrogen-bond donors (Lipinski definition) is 1. The number of carbonyl (C=O) groups is 1. The minimum Gasteiger partial charge on any atom is -0.508 e. The number of phenolic OH excluding ortho intramolecular Hbond substituents is 1. The lowest BCUT2D eigenvalue weighted by atomic mass is 10.1. The molecule has 1 amide bonds. The largest absolute Gasteiger partial charge is 0.508 e. The number of nitrogens with zero attached hydrogens (tertiary/aromatic N) is 1. The molecule has 0 radical (unpaired) electrons. The molecule has 0 aliphatic carbocycles. The van der Waals surface area contributed by atoms with Crippen molar-refractivity contribution in [3.8, 4) is 5.75 Å². The fraction of sp³-hybridized carbons (Fsp3) is 0.500. The number of amides is 1. The zero-order valence-electron chi connectivity index (χ0n) is 10.7. The van der Waals surface area contributed by atoms with Crippen LogP contribution in [0.1, 0.15) is 24.8 Å². The van der Waals surface area contributed by atoms with Crippen molar-refractivity contribution in [1.29, 1.82) is 0 Å². The Balaban J connectivity index is 2.38. The number of para-hydroxylation sites is 1. The summed E-state index contributed by atoms with van der Waals surface area (Å²) in [7, 11) is 1.79. The zero-order chi connectivity index (χ0) is 13.4. The molecule has 1 rings (SSSR count). The quantitative estimate of drug-likeness (QED) is 0.611. The Morgan fingerprint density at radius 2 is 2.00 bits per heavy atom. The van der Waals surface area contributed by atoms with Crippen LogP contribution in [0.3, 0.4) is 0 Å². The fourth-order valence-electron chi connectivity index (χ4n) is 1.70. The zero-order valence-corrected chi connectivity index (χ0v) is 11.5. The number of hydrogen-bond acceptors (Lipinski definition) is 2. The van der Waals surface area contributed by atoms with Gasteiger partial charge in [-0.05, 0) is 18.9 Å². The van der Waals surface area contributed by atoms with Crippen LogP contribution in [-0.2, 0) is 11.2 Å². The van der Waals surface area contributed by atoms with Crippen molar-refractivity contribution in [3.63, 3.8) is 0 Å². The molecule has 0 fully saturated rings. The summed E-state index contributed by atoms with van der Waals surface area (Å²) in [5.41, 5.74) is 0.676. The fourth-order valence-corrected chi connectivity index (χ4v) is 1.89. The molecular weight excluding hydrogens is 250 g/mol. The average Bonchev–Trinajstić information content (AvgIpc) is 2.37. The molecule has 18 heavy (non-hydrogen) atoms. The van der Waals surface area contributed by atoms with E-state index < -0.39 is 0 Å². The molecular formula is C14H20ClNO2. The molecule has 0 heterocycles. The predicted molar refractivity (Wildman–Crippen MR) is 74.0 cm³/mol. The van der Waals surface area contributed by atoms with Gasteiger partial charge in [0.15, 0.2) is 0 Å². The van der Waals surface area contributed by atoms with E-state index in [1.165, 1.54) is 0 Å². The Morgan fingerprint density at radius 1 is 1.28 bits per heavy atom. The standard InChI is InChI=1S/C14H20ClNO2/c1-16(10-6-2-5-9-15)14(18)11-12-7-3-4-8-13(12)17/h3-4,7-8,17H,2,5-6,9-11H2,1H3. The summed E-state index contributed by atoms with van der Waals surface area (Å²) in [6.45, 7) is 0.739. The third-order valence-corrected chi connectivity index (χ3v) is 3.15. The van der Waals surface area contributed by atoms with E-state index in [0.29, 0.717) is 11.4 Å². The van der Waals surface area contributed by atoms with Gasteiger partial charge in [-0.1, -0.05) is 24.6 Å². The summed E-state index contributed by atoms with van der Waals surface area (Å²) in [6.07, 6.45) is 3.25. The van der Waals surface area contributed by atoms with Crippen LogP contribution in [0.5, 0.6) is 5.75 Å². The lowest BCUT2D eigenvalue weighted by Gasteiger charge is -2.17. The molecule has 0 bridgehead atoms. The number of phenols is 1. The van der Waals surface area contributed by atoms with Crippen LogP contribution in [0.2, 0.25) is 0 Å². The van der Waals surface area contributed by atoms with Gasteiger partial charge < -0.3 is 10.0 Å². The summed E-state index contributed by atoms with van der Waals surface area (Å²) < 4.78 is 0. The highest BCUT2D eigenvalue weighted by atomic mass is 35.5. The van der Waals surface area contributed by atoms with E-state index in [9.17, 15) is 9.90 Å². The van der Waals surface area contributed by atoms with E-state index in [4.69, 9.17) is 11.6 Å². The van der Waals surface area contributed by atoms with Crippen molar-refractivity contribution >= 4 is 17.5 Å². The minimum absolute atomic E-state index is 0.0300. The normalized spacial score (nSPS) is 10.3. The molecule has 1 N–H and O–H groups in total. The Kier molecular flexibility index (Phi) is 6.58. The maximum absolute atomic E-state index is 11.9. The predicted octanol–water partition coefficient (Wildman–Crippen LogP) is 2.80. The third kappa shape index (κ3) is 4.96. The van der Waals surface area contributed by atoms with Gasteiger partial charge in [-0.2, -0.15) is 0 Å². The number of alkyl halides is 1. The van der Waals surface area contributed by atoms with Crippen LogP contribution >= 0.6 is 11.6 Å². The molecule has 0 aliphatic rings. The van der Waals surface area contributed by atoms with Gasteiger partial charge >= 0.3 is 0 Å². The van der Waals surface area contributed by atoms with E-state index in [0.717, 1.165) is 25.8 Å². The second kappa shape index (κ2) is 7.98. The van der Waals surface area contributed by atoms with Gasteiger partial charge in [-0.25, -0.2) is 0 Å². The average molecular weight is 270 g/mol. The Labute approximate surface area is 113 Å². The van der Waals surface area contributed by atoms with Crippen molar-refractivity contribution in [1.82, 2.24) is 4.90 Å². The van der Waals surface area contributed by atoms with Gasteiger partial charge in [0.25, 0.3) is 0 Å². The molecule has 0 aliphatic heterocycles. The highest BCUT2D eigenvalue weighted by Crippen LogP contribution is 2.16. The van der Waals surface area contributed by atoms with Crippen molar-refractivity contribution in [2.24, 2.45) is 0 Å². The van der Waals surface area contributed by atoms with Gasteiger partial charge in [0.2, 0.25) is 5.91 Å². The lowest BCUT2D eigenvalue weighted by Crippen LogP contribution is -2.29. The van der Waals surface area contributed by atoms with Gasteiger partial charge in [-0.15, -0.1) is 11.6 Å². The number of halogens is 1. The van der Waals surface area contributed by atoms with Crippen LogP contribution < -0.4 is 0 Å². The lowest BCUT2D eigenvalue weighted by molar-refractivity contribution is -0.129. The molecule has 0 spiro atoms. The van der Waals surface area contributed by atoms with Gasteiger partial charge in [0.1, 0.15) is 5.75 Å². The summed E-state index contributed by atoms with van der Waals surface area (Å²) in [6, 6.07) is 6.94. The van der Waals surface area contributed by atoms with E-state index in [-0.39, 0.29) is 18.1 Å². The molecule has 0 saturated heterocycles. The van der Waals surface area contributed by atoms with E-state index >= 15 is 0 Å². The summed E-state index contributed by atoms with van der Waals surface area (Å²) in [5.74, 6) is 0.888. The van der Waals surface area contributed by atoms with Gasteiger partial charge in [-0.3, -0.25) is 4.79 Å². The first kappa shape index (κ1) is 14.8. The topological polar surface area (TPSA) is 40.5 Å². The smallest absolute Gasteiger partial charge is 0.226 e. The van der Waals surface area contributed by atoms with Crippen molar-refractivity contribution in [2.75, 3.05) is 19.5 Å². The molecule has 1 aromatic rings. The van der Waals surface area contributed by atoms with Gasteiger partial charge in [0, 0.05) is 25.0 Å². The maximum Gasteiger partial charge on any atom is 0.226 e. The third-order valence-electron chi connectivity index (χ3n) is 2.89. The van der Waals surface area contributed by atoms with Crippen LogP contribution in [-0.4, -0.2) is 35.4 Å². The van der Waals surface area contributed by atoms with E-state index in [2.05, 4.69) is 0 Å². The Bertz CT molecular complexity index is 382. The van der Waals surface area contributed by atoms with E-state index in [1.807, 2.05) is 6.07 Å². The maximum atomic E-state index is 11.9. The molecule has 4 heteroatoms. The first-order valence-corrected chi connectivity index (χ1v) is 6.75. The molecule has 1 aromatic carbocycles. The number of unbranched alkanes of at least 4 members (excludes halogenated alkanes) is 2. The van der Waals surface area contributed by atoms with Crippen molar-refractivity contribution in [2.45, 2.75) is 25.7 Å². The number of aromatic hydroxyl groups is 1. The van der Waals surface area contributed by atoms with Crippen LogP contribution in [0.4, 0.5) is 0 Å². The highest BCUT2D eigenvalue weighted by Gasteiger charge is 2.11. The first-order chi connectivity index (χ1) is 8.65. The molecule has 0 unspecified atom stereocenters. The highest BCUT2D eigenvalue weighted by molar-refractivity contribution is 6.17. The molecule has 3 nitrogen and oxygen atoms in total. The molecule has 0 saturated carbocycles. The molecule has 0 atom stereocenters. The summed E-state index contributed by atoms with van der Waals surface area (Å²) in [4.78, 5) is 13.6. The number of rotatable bonds is 7. The number of benzene rings is 1. The number of likely N-dealkylation sites (N-methyl/N-ethyl adjacent to an activating group) is 1. The Hall–Kier alpha value is -1.22.